The van der Waals surface area contributed by atoms with Gasteiger partial charge in [-0.1, -0.05) is 35.9 Å². The molecule has 0 saturated carbocycles. The molecule has 1 aliphatic heterocycles. The predicted molar refractivity (Wildman–Crippen MR) is 96.8 cm³/mol. The van der Waals surface area contributed by atoms with Gasteiger partial charge in [0.2, 0.25) is 0 Å². The van der Waals surface area contributed by atoms with Crippen LogP contribution in [0.5, 0.6) is 0 Å². The Morgan fingerprint density at radius 2 is 1.88 bits per heavy atom. The van der Waals surface area contributed by atoms with Crippen molar-refractivity contribution in [1.29, 1.82) is 0 Å². The van der Waals surface area contributed by atoms with Crippen LogP contribution >= 0.6 is 0 Å². The topological polar surface area (TPSA) is 58.6 Å². The minimum absolute atomic E-state index is 0.0266. The second-order valence-electron chi connectivity index (χ2n) is 6.30. The van der Waals surface area contributed by atoms with E-state index in [9.17, 15) is 9.59 Å². The molecule has 1 N–H and O–H groups in total. The van der Waals surface area contributed by atoms with Gasteiger partial charge in [0.15, 0.2) is 0 Å². The molecule has 2 amide bonds. The number of amides is 2. The molecule has 0 aliphatic carbocycles. The molecule has 0 aromatic heterocycles. The van der Waals surface area contributed by atoms with E-state index in [1.54, 1.807) is 11.0 Å². The van der Waals surface area contributed by atoms with E-state index in [0.29, 0.717) is 18.7 Å². The number of carbonyl (C=O) groups excluding carboxylic acids is 2. The van der Waals surface area contributed by atoms with Crippen LogP contribution in [-0.2, 0) is 9.53 Å². The Kier molecular flexibility index (Phi) is 5.14. The van der Waals surface area contributed by atoms with Crippen LogP contribution in [0.1, 0.15) is 21.5 Å². The van der Waals surface area contributed by atoms with Crippen molar-refractivity contribution in [3.05, 3.63) is 65.2 Å². The Hall–Kier alpha value is -2.66. The number of carbonyl (C=O) groups is 2. The molecule has 1 heterocycles. The van der Waals surface area contributed by atoms with Crippen molar-refractivity contribution in [3.8, 4) is 0 Å². The van der Waals surface area contributed by atoms with Crippen molar-refractivity contribution in [2.75, 3.05) is 24.6 Å². The lowest BCUT2D eigenvalue weighted by molar-refractivity contribution is -0.129. The quantitative estimate of drug-likeness (QED) is 0.932. The second kappa shape index (κ2) is 7.49. The van der Waals surface area contributed by atoms with E-state index in [-0.39, 0.29) is 24.5 Å². The Bertz CT molecular complexity index is 771. The first kappa shape index (κ1) is 17.2. The van der Waals surface area contributed by atoms with Gasteiger partial charge in [0.1, 0.15) is 6.61 Å². The summed E-state index contributed by atoms with van der Waals surface area (Å²) in [6.07, 6.45) is -0.230. The third-order valence-corrected chi connectivity index (χ3v) is 4.36. The fourth-order valence-electron chi connectivity index (χ4n) is 2.85. The normalized spacial score (nSPS) is 17.4. The van der Waals surface area contributed by atoms with Gasteiger partial charge in [0, 0.05) is 17.8 Å². The molecule has 1 saturated heterocycles. The molecule has 2 aromatic rings. The number of anilines is 1. The molecule has 3 rings (SSSR count). The van der Waals surface area contributed by atoms with Gasteiger partial charge >= 0.3 is 0 Å². The van der Waals surface area contributed by atoms with Gasteiger partial charge in [0.25, 0.3) is 11.8 Å². The van der Waals surface area contributed by atoms with Crippen LogP contribution in [0, 0.1) is 13.8 Å². The van der Waals surface area contributed by atoms with E-state index in [0.717, 1.165) is 16.8 Å². The Labute approximate surface area is 147 Å². The molecule has 1 unspecified atom stereocenters. The summed E-state index contributed by atoms with van der Waals surface area (Å²) in [5.74, 6) is -0.189. The average molecular weight is 338 g/mol. The minimum Gasteiger partial charge on any atom is -0.365 e. The fourth-order valence-corrected chi connectivity index (χ4v) is 2.85. The zero-order valence-electron chi connectivity index (χ0n) is 14.5. The zero-order chi connectivity index (χ0) is 17.8. The molecular weight excluding hydrogens is 316 g/mol. The van der Waals surface area contributed by atoms with Crippen LogP contribution in [0.3, 0.4) is 0 Å². The number of hydrogen-bond donors (Lipinski definition) is 1. The van der Waals surface area contributed by atoms with Crippen molar-refractivity contribution in [1.82, 2.24) is 5.32 Å². The van der Waals surface area contributed by atoms with Gasteiger partial charge in [-0.15, -0.1) is 0 Å². The molecule has 0 radical (unpaired) electrons. The van der Waals surface area contributed by atoms with Crippen LogP contribution in [0.4, 0.5) is 5.69 Å². The molecule has 130 valence electrons. The standard InChI is InChI=1S/C20H22N2O3/c1-14-7-9-16(10-8-14)22-12-17(25-13-19(22)23)11-21-20(24)18-6-4-3-5-15(18)2/h3-10,17H,11-13H2,1-2H3,(H,21,24). The van der Waals surface area contributed by atoms with Crippen LogP contribution in [0.25, 0.3) is 0 Å². The van der Waals surface area contributed by atoms with Gasteiger partial charge in [-0.05, 0) is 37.6 Å². The third kappa shape index (κ3) is 4.06. The van der Waals surface area contributed by atoms with Crippen molar-refractivity contribution in [2.45, 2.75) is 20.0 Å². The lowest BCUT2D eigenvalue weighted by Crippen LogP contribution is -2.50. The first-order valence-corrected chi connectivity index (χ1v) is 8.37. The summed E-state index contributed by atoms with van der Waals surface area (Å²) < 4.78 is 5.58. The van der Waals surface area contributed by atoms with Gasteiger partial charge in [-0.25, -0.2) is 0 Å². The van der Waals surface area contributed by atoms with Crippen molar-refractivity contribution in [3.63, 3.8) is 0 Å². The summed E-state index contributed by atoms with van der Waals surface area (Å²) in [7, 11) is 0. The molecule has 2 aromatic carbocycles. The Morgan fingerprint density at radius 3 is 2.60 bits per heavy atom. The molecule has 1 aliphatic rings. The lowest BCUT2D eigenvalue weighted by Gasteiger charge is -2.33. The number of rotatable bonds is 4. The molecule has 1 atom stereocenters. The molecule has 0 spiro atoms. The zero-order valence-corrected chi connectivity index (χ0v) is 14.5. The number of benzene rings is 2. The van der Waals surface area contributed by atoms with Crippen LogP contribution < -0.4 is 10.2 Å². The number of nitrogens with one attached hydrogen (secondary N) is 1. The Balaban J connectivity index is 1.62. The van der Waals surface area contributed by atoms with Gasteiger partial charge in [-0.3, -0.25) is 9.59 Å². The first-order valence-electron chi connectivity index (χ1n) is 8.37. The summed E-state index contributed by atoms with van der Waals surface area (Å²) >= 11 is 0. The lowest BCUT2D eigenvalue weighted by atomic mass is 10.1. The summed E-state index contributed by atoms with van der Waals surface area (Å²) in [5.41, 5.74) is 3.59. The van der Waals surface area contributed by atoms with E-state index >= 15 is 0 Å². The van der Waals surface area contributed by atoms with Crippen LogP contribution in [-0.4, -0.2) is 37.6 Å². The van der Waals surface area contributed by atoms with Crippen LogP contribution in [0.2, 0.25) is 0 Å². The monoisotopic (exact) mass is 338 g/mol. The molecule has 5 nitrogen and oxygen atoms in total. The highest BCUT2D eigenvalue weighted by Crippen LogP contribution is 2.19. The maximum Gasteiger partial charge on any atom is 0.253 e. The smallest absolute Gasteiger partial charge is 0.253 e. The van der Waals surface area contributed by atoms with Crippen LogP contribution in [0.15, 0.2) is 48.5 Å². The third-order valence-electron chi connectivity index (χ3n) is 4.36. The van der Waals surface area contributed by atoms with E-state index in [1.165, 1.54) is 0 Å². The number of aryl methyl sites for hydroxylation is 2. The summed E-state index contributed by atoms with van der Waals surface area (Å²) in [6.45, 7) is 4.73. The van der Waals surface area contributed by atoms with E-state index in [1.807, 2.05) is 56.3 Å². The molecule has 0 bridgehead atoms. The number of hydrogen-bond acceptors (Lipinski definition) is 3. The first-order chi connectivity index (χ1) is 12.0. The van der Waals surface area contributed by atoms with E-state index < -0.39 is 0 Å². The molecule has 25 heavy (non-hydrogen) atoms. The number of nitrogens with zero attached hydrogens (tertiary/aromatic N) is 1. The van der Waals surface area contributed by atoms with E-state index in [4.69, 9.17) is 4.74 Å². The van der Waals surface area contributed by atoms with Gasteiger partial charge in [-0.2, -0.15) is 0 Å². The highest BCUT2D eigenvalue weighted by atomic mass is 16.5. The molecule has 1 fully saturated rings. The van der Waals surface area contributed by atoms with Crippen molar-refractivity contribution >= 4 is 17.5 Å². The second-order valence-corrected chi connectivity index (χ2v) is 6.30. The maximum absolute atomic E-state index is 12.3. The average Bonchev–Trinajstić information content (AvgIpc) is 2.62. The summed E-state index contributed by atoms with van der Waals surface area (Å²) in [5, 5.41) is 2.90. The Morgan fingerprint density at radius 1 is 1.16 bits per heavy atom. The maximum atomic E-state index is 12.3. The summed E-state index contributed by atoms with van der Waals surface area (Å²) in [6, 6.07) is 15.3. The largest absolute Gasteiger partial charge is 0.365 e. The van der Waals surface area contributed by atoms with Crippen molar-refractivity contribution in [2.24, 2.45) is 0 Å². The highest BCUT2D eigenvalue weighted by molar-refractivity contribution is 5.96. The van der Waals surface area contributed by atoms with Gasteiger partial charge in [0.05, 0.1) is 12.6 Å². The highest BCUT2D eigenvalue weighted by Gasteiger charge is 2.27. The minimum atomic E-state index is -0.230. The fraction of sp³-hybridized carbons (Fsp3) is 0.300. The number of morpholine rings is 1. The summed E-state index contributed by atoms with van der Waals surface area (Å²) in [4.78, 5) is 26.2. The molecule has 5 heteroatoms. The predicted octanol–water partition coefficient (Wildman–Crippen LogP) is 2.47. The number of ether oxygens (including phenoxy) is 1. The van der Waals surface area contributed by atoms with Crippen molar-refractivity contribution < 1.29 is 14.3 Å². The van der Waals surface area contributed by atoms with E-state index in [2.05, 4.69) is 5.32 Å². The van der Waals surface area contributed by atoms with Gasteiger partial charge < -0.3 is 15.0 Å². The molecular formula is C20H22N2O3. The SMILES string of the molecule is Cc1ccc(N2CC(CNC(=O)c3ccccc3C)OCC2=O)cc1.